The molecule has 30 heavy (non-hydrogen) atoms. The summed E-state index contributed by atoms with van der Waals surface area (Å²) in [4.78, 5) is 43.6. The summed E-state index contributed by atoms with van der Waals surface area (Å²) < 4.78 is 0. The van der Waals surface area contributed by atoms with Crippen molar-refractivity contribution in [2.45, 2.75) is 18.8 Å². The SMILES string of the molecule is O=C(Nc1ncc2c(n1)C[C@@H](c1ccc(Cl)cc1)CC2=O)c1ccc([N+](=O)[O-])cc1. The highest BCUT2D eigenvalue weighted by molar-refractivity contribution is 6.30. The number of anilines is 1. The van der Waals surface area contributed by atoms with Crippen LogP contribution in [0.2, 0.25) is 5.02 Å². The maximum atomic E-state index is 12.5. The lowest BCUT2D eigenvalue weighted by atomic mass is 9.82. The summed E-state index contributed by atoms with van der Waals surface area (Å²) >= 11 is 5.94. The van der Waals surface area contributed by atoms with E-state index in [1.165, 1.54) is 30.5 Å². The first kappa shape index (κ1) is 19.7. The van der Waals surface area contributed by atoms with E-state index in [1.54, 1.807) is 12.1 Å². The predicted octanol–water partition coefficient (Wildman–Crippen LogP) is 4.20. The van der Waals surface area contributed by atoms with Gasteiger partial charge in [-0.1, -0.05) is 23.7 Å². The van der Waals surface area contributed by atoms with E-state index in [9.17, 15) is 19.7 Å². The molecule has 1 N–H and O–H groups in total. The smallest absolute Gasteiger partial charge is 0.269 e. The number of fused-ring (bicyclic) bond motifs is 1. The molecule has 150 valence electrons. The third-order valence-electron chi connectivity index (χ3n) is 4.95. The van der Waals surface area contributed by atoms with Crippen molar-refractivity contribution in [2.24, 2.45) is 0 Å². The number of nitrogens with zero attached hydrogens (tertiary/aromatic N) is 3. The van der Waals surface area contributed by atoms with Gasteiger partial charge in [0, 0.05) is 35.3 Å². The van der Waals surface area contributed by atoms with E-state index in [4.69, 9.17) is 11.6 Å². The monoisotopic (exact) mass is 422 g/mol. The number of aromatic nitrogens is 2. The van der Waals surface area contributed by atoms with Gasteiger partial charge in [-0.25, -0.2) is 9.97 Å². The molecule has 0 bridgehead atoms. The van der Waals surface area contributed by atoms with Crippen molar-refractivity contribution < 1.29 is 14.5 Å². The van der Waals surface area contributed by atoms with Crippen molar-refractivity contribution in [2.75, 3.05) is 5.32 Å². The van der Waals surface area contributed by atoms with E-state index in [0.717, 1.165) is 5.56 Å². The topological polar surface area (TPSA) is 115 Å². The number of non-ortho nitro benzene ring substituents is 1. The third kappa shape index (κ3) is 4.04. The largest absolute Gasteiger partial charge is 0.294 e. The highest BCUT2D eigenvalue weighted by atomic mass is 35.5. The molecule has 0 saturated heterocycles. The Morgan fingerprint density at radius 1 is 1.10 bits per heavy atom. The van der Waals surface area contributed by atoms with Crippen molar-refractivity contribution in [1.82, 2.24) is 9.97 Å². The molecule has 0 aliphatic heterocycles. The van der Waals surface area contributed by atoms with Gasteiger partial charge in [-0.15, -0.1) is 0 Å². The van der Waals surface area contributed by atoms with Gasteiger partial charge in [-0.2, -0.15) is 0 Å². The minimum Gasteiger partial charge on any atom is -0.294 e. The van der Waals surface area contributed by atoms with Crippen molar-refractivity contribution in [1.29, 1.82) is 0 Å². The molecule has 1 amide bonds. The van der Waals surface area contributed by atoms with E-state index < -0.39 is 10.8 Å². The van der Waals surface area contributed by atoms with E-state index in [2.05, 4.69) is 15.3 Å². The number of hydrogen-bond acceptors (Lipinski definition) is 6. The van der Waals surface area contributed by atoms with Crippen LogP contribution in [0.25, 0.3) is 0 Å². The summed E-state index contributed by atoms with van der Waals surface area (Å²) in [7, 11) is 0. The number of ketones is 1. The average Bonchev–Trinajstić information content (AvgIpc) is 2.74. The van der Waals surface area contributed by atoms with Crippen molar-refractivity contribution in [3.05, 3.63) is 92.2 Å². The molecule has 0 radical (unpaired) electrons. The standard InChI is InChI=1S/C21H15ClN4O4/c22-15-5-1-12(2-6-15)14-9-18-17(19(27)10-14)11-23-21(24-18)25-20(28)13-3-7-16(8-4-13)26(29)30/h1-8,11,14H,9-10H2,(H,23,24,25,28)/t14-/m1/s1. The maximum Gasteiger partial charge on any atom is 0.269 e. The second kappa shape index (κ2) is 8.00. The van der Waals surface area contributed by atoms with Crippen LogP contribution in [-0.4, -0.2) is 26.6 Å². The zero-order valence-corrected chi connectivity index (χ0v) is 16.3. The van der Waals surface area contributed by atoms with Crippen LogP contribution in [0, 0.1) is 10.1 Å². The van der Waals surface area contributed by atoms with Crippen LogP contribution in [0.15, 0.2) is 54.7 Å². The number of amides is 1. The molecule has 1 aliphatic carbocycles. The zero-order valence-electron chi connectivity index (χ0n) is 15.5. The van der Waals surface area contributed by atoms with Gasteiger partial charge in [0.1, 0.15) is 0 Å². The molecular formula is C21H15ClN4O4. The number of halogens is 1. The first-order chi connectivity index (χ1) is 14.4. The highest BCUT2D eigenvalue weighted by Gasteiger charge is 2.28. The fourth-order valence-corrected chi connectivity index (χ4v) is 3.51. The second-order valence-electron chi connectivity index (χ2n) is 6.89. The molecule has 1 heterocycles. The molecule has 0 saturated carbocycles. The quantitative estimate of drug-likeness (QED) is 0.497. The minimum absolute atomic E-state index is 0.0320. The van der Waals surface area contributed by atoms with Gasteiger partial charge in [-0.3, -0.25) is 25.0 Å². The molecule has 1 aliphatic rings. The summed E-state index contributed by atoms with van der Waals surface area (Å²) in [5, 5.41) is 13.9. The summed E-state index contributed by atoms with van der Waals surface area (Å²) in [6.45, 7) is 0. The second-order valence-corrected chi connectivity index (χ2v) is 7.33. The minimum atomic E-state index is -0.539. The van der Waals surface area contributed by atoms with Crippen LogP contribution >= 0.6 is 11.6 Å². The van der Waals surface area contributed by atoms with Crippen molar-refractivity contribution >= 4 is 34.9 Å². The lowest BCUT2D eigenvalue weighted by molar-refractivity contribution is -0.384. The van der Waals surface area contributed by atoms with Crippen LogP contribution in [0.5, 0.6) is 0 Å². The number of Topliss-reactive ketones (excluding diaryl/α,β-unsaturated/α-hetero) is 1. The molecule has 1 aromatic heterocycles. The number of benzene rings is 2. The fourth-order valence-electron chi connectivity index (χ4n) is 3.38. The molecule has 2 aromatic carbocycles. The lowest BCUT2D eigenvalue weighted by Crippen LogP contribution is -2.22. The van der Waals surface area contributed by atoms with Crippen LogP contribution in [0.4, 0.5) is 11.6 Å². The van der Waals surface area contributed by atoms with Gasteiger partial charge in [0.05, 0.1) is 16.2 Å². The number of hydrogen-bond donors (Lipinski definition) is 1. The summed E-state index contributed by atoms with van der Waals surface area (Å²) in [6, 6.07) is 12.6. The number of nitrogens with one attached hydrogen (secondary N) is 1. The molecule has 0 fully saturated rings. The van der Waals surface area contributed by atoms with Gasteiger partial charge < -0.3 is 0 Å². The fraction of sp³-hybridized carbons (Fsp3) is 0.143. The van der Waals surface area contributed by atoms with E-state index in [1.807, 2.05) is 12.1 Å². The molecular weight excluding hydrogens is 408 g/mol. The Balaban J connectivity index is 1.54. The van der Waals surface area contributed by atoms with E-state index in [0.29, 0.717) is 29.1 Å². The average molecular weight is 423 g/mol. The number of nitro benzene ring substituents is 1. The Morgan fingerprint density at radius 2 is 1.80 bits per heavy atom. The molecule has 9 heteroatoms. The number of carbonyl (C=O) groups is 2. The van der Waals surface area contributed by atoms with Crippen molar-refractivity contribution in [3.63, 3.8) is 0 Å². The molecule has 0 spiro atoms. The maximum absolute atomic E-state index is 12.5. The van der Waals surface area contributed by atoms with Gasteiger partial charge in [0.2, 0.25) is 5.95 Å². The van der Waals surface area contributed by atoms with Crippen molar-refractivity contribution in [3.8, 4) is 0 Å². The Bertz CT molecular complexity index is 1150. The van der Waals surface area contributed by atoms with Crippen LogP contribution in [-0.2, 0) is 6.42 Å². The van der Waals surface area contributed by atoms with Gasteiger partial charge in [0.25, 0.3) is 11.6 Å². The predicted molar refractivity (Wildman–Crippen MR) is 110 cm³/mol. The molecule has 8 nitrogen and oxygen atoms in total. The van der Waals surface area contributed by atoms with E-state index in [-0.39, 0.29) is 28.9 Å². The van der Waals surface area contributed by atoms with Gasteiger partial charge in [-0.05, 0) is 42.2 Å². The van der Waals surface area contributed by atoms with Gasteiger partial charge in [0.15, 0.2) is 5.78 Å². The van der Waals surface area contributed by atoms with Crippen LogP contribution in [0.3, 0.4) is 0 Å². The zero-order chi connectivity index (χ0) is 21.3. The third-order valence-corrected chi connectivity index (χ3v) is 5.20. The van der Waals surface area contributed by atoms with Crippen LogP contribution < -0.4 is 5.32 Å². The Hall–Kier alpha value is -3.65. The number of nitro groups is 1. The first-order valence-electron chi connectivity index (χ1n) is 9.11. The first-order valence-corrected chi connectivity index (χ1v) is 9.49. The highest BCUT2D eigenvalue weighted by Crippen LogP contribution is 2.32. The molecule has 3 aromatic rings. The normalized spacial score (nSPS) is 15.4. The molecule has 0 unspecified atom stereocenters. The number of rotatable bonds is 4. The summed E-state index contributed by atoms with van der Waals surface area (Å²) in [5.41, 5.74) is 2.14. The summed E-state index contributed by atoms with van der Waals surface area (Å²) in [5.74, 6) is -0.511. The Kier molecular flexibility index (Phi) is 5.24. The van der Waals surface area contributed by atoms with Crippen LogP contribution in [0.1, 0.15) is 44.3 Å². The van der Waals surface area contributed by atoms with E-state index >= 15 is 0 Å². The Morgan fingerprint density at radius 3 is 2.47 bits per heavy atom. The Labute approximate surface area is 176 Å². The van der Waals surface area contributed by atoms with Gasteiger partial charge >= 0.3 is 0 Å². The lowest BCUT2D eigenvalue weighted by Gasteiger charge is -2.23. The number of carbonyl (C=O) groups excluding carboxylic acids is 2. The molecule has 4 rings (SSSR count). The molecule has 1 atom stereocenters. The summed E-state index contributed by atoms with van der Waals surface area (Å²) in [6.07, 6.45) is 2.31.